The summed E-state index contributed by atoms with van der Waals surface area (Å²) >= 11 is 0. The Balaban J connectivity index is 1.26. The van der Waals surface area contributed by atoms with Gasteiger partial charge in [0.05, 0.1) is 25.8 Å². The van der Waals surface area contributed by atoms with Crippen molar-refractivity contribution in [3.8, 4) is 0 Å². The second-order valence-corrected chi connectivity index (χ2v) is 7.20. The van der Waals surface area contributed by atoms with Gasteiger partial charge in [-0.05, 0) is 44.4 Å². The number of carbonyl (C=O) groups is 1. The van der Waals surface area contributed by atoms with Gasteiger partial charge in [0.2, 0.25) is 5.91 Å². The van der Waals surface area contributed by atoms with E-state index in [1.54, 1.807) is 0 Å². The lowest BCUT2D eigenvalue weighted by molar-refractivity contribution is -0.180. The van der Waals surface area contributed by atoms with Crippen LogP contribution in [-0.2, 0) is 14.3 Å². The Bertz CT molecular complexity index is 544. The van der Waals surface area contributed by atoms with E-state index < -0.39 is 0 Å². The first-order valence-electron chi connectivity index (χ1n) is 9.19. The summed E-state index contributed by atoms with van der Waals surface area (Å²) in [5, 5.41) is 3.22. The molecule has 0 aromatic carbocycles. The number of hydrogen-bond acceptors (Lipinski definition) is 4. The van der Waals surface area contributed by atoms with Crippen molar-refractivity contribution in [3.05, 3.63) is 24.0 Å². The Kier molecular flexibility index (Phi) is 4.61. The Morgan fingerprint density at radius 3 is 2.79 bits per heavy atom. The van der Waals surface area contributed by atoms with Crippen LogP contribution in [0.25, 0.3) is 0 Å². The van der Waals surface area contributed by atoms with Crippen LogP contribution in [0, 0.1) is 0 Å². The van der Waals surface area contributed by atoms with Crippen LogP contribution in [0.1, 0.15) is 50.3 Å². The number of aromatic nitrogens is 1. The van der Waals surface area contributed by atoms with Crippen molar-refractivity contribution in [2.75, 3.05) is 26.3 Å². The second kappa shape index (κ2) is 6.86. The number of rotatable bonds is 4. The molecule has 132 valence electrons. The van der Waals surface area contributed by atoms with Crippen molar-refractivity contribution in [1.82, 2.24) is 15.2 Å². The lowest BCUT2D eigenvalue weighted by Gasteiger charge is -2.36. The lowest BCUT2D eigenvalue weighted by Crippen LogP contribution is -2.46. The molecule has 0 radical (unpaired) electrons. The maximum absolute atomic E-state index is 12.5. The van der Waals surface area contributed by atoms with Crippen molar-refractivity contribution in [2.24, 2.45) is 0 Å². The summed E-state index contributed by atoms with van der Waals surface area (Å²) < 4.78 is 11.5. The van der Waals surface area contributed by atoms with Crippen molar-refractivity contribution in [1.29, 1.82) is 0 Å². The average Bonchev–Trinajstić information content (AvgIpc) is 3.31. The van der Waals surface area contributed by atoms with Gasteiger partial charge in [0, 0.05) is 30.8 Å². The van der Waals surface area contributed by atoms with Crippen LogP contribution < -0.4 is 5.32 Å². The van der Waals surface area contributed by atoms with Gasteiger partial charge in [-0.25, -0.2) is 0 Å². The zero-order chi connectivity index (χ0) is 16.4. The minimum absolute atomic E-state index is 0.141. The molecule has 6 nitrogen and oxygen atoms in total. The molecule has 3 heterocycles. The van der Waals surface area contributed by atoms with E-state index in [9.17, 15) is 4.79 Å². The van der Waals surface area contributed by atoms with E-state index in [2.05, 4.69) is 21.3 Å². The van der Waals surface area contributed by atoms with Crippen LogP contribution in [0.15, 0.2) is 18.3 Å². The third-order valence-electron chi connectivity index (χ3n) is 5.62. The number of nitrogens with one attached hydrogen (secondary N) is 2. The Hall–Kier alpha value is -1.37. The third-order valence-corrected chi connectivity index (χ3v) is 5.62. The molecule has 2 saturated heterocycles. The number of nitrogens with zero attached hydrogens (tertiary/aromatic N) is 1. The molecule has 1 atom stereocenters. The van der Waals surface area contributed by atoms with E-state index in [4.69, 9.17) is 9.47 Å². The Morgan fingerprint density at radius 2 is 2.08 bits per heavy atom. The molecule has 1 aromatic rings. The quantitative estimate of drug-likeness (QED) is 0.884. The number of likely N-dealkylation sites (tertiary alicyclic amines) is 1. The molecular formula is C18H27N3O3. The predicted octanol–water partition coefficient (Wildman–Crippen LogP) is 1.95. The van der Waals surface area contributed by atoms with Crippen molar-refractivity contribution in [2.45, 2.75) is 56.4 Å². The highest BCUT2D eigenvalue weighted by Crippen LogP contribution is 2.36. The van der Waals surface area contributed by atoms with Crippen LogP contribution in [0.4, 0.5) is 0 Å². The van der Waals surface area contributed by atoms with Crippen molar-refractivity contribution < 1.29 is 14.3 Å². The summed E-state index contributed by atoms with van der Waals surface area (Å²) in [6, 6.07) is 4.74. The van der Waals surface area contributed by atoms with Gasteiger partial charge in [0.1, 0.15) is 0 Å². The van der Waals surface area contributed by atoms with Crippen LogP contribution in [0.2, 0.25) is 0 Å². The molecule has 2 N–H and O–H groups in total. The molecule has 24 heavy (non-hydrogen) atoms. The maximum Gasteiger partial charge on any atom is 0.234 e. The lowest BCUT2D eigenvalue weighted by atomic mass is 9.90. The van der Waals surface area contributed by atoms with E-state index in [1.165, 1.54) is 5.69 Å². The van der Waals surface area contributed by atoms with Gasteiger partial charge in [-0.3, -0.25) is 9.69 Å². The number of carbonyl (C=O) groups excluding carboxylic acids is 1. The smallest absolute Gasteiger partial charge is 0.234 e. The van der Waals surface area contributed by atoms with E-state index in [0.717, 1.165) is 45.1 Å². The summed E-state index contributed by atoms with van der Waals surface area (Å²) in [6.45, 7) is 2.88. The molecule has 3 fully saturated rings. The van der Waals surface area contributed by atoms with E-state index in [0.29, 0.717) is 25.8 Å². The molecule has 4 rings (SSSR count). The first-order chi connectivity index (χ1) is 11.7. The Morgan fingerprint density at radius 1 is 1.29 bits per heavy atom. The molecule has 1 spiro atoms. The topological polar surface area (TPSA) is 66.6 Å². The predicted molar refractivity (Wildman–Crippen MR) is 89.4 cm³/mol. The van der Waals surface area contributed by atoms with Gasteiger partial charge in [-0.15, -0.1) is 0 Å². The zero-order valence-electron chi connectivity index (χ0n) is 14.1. The number of hydrogen-bond donors (Lipinski definition) is 2. The van der Waals surface area contributed by atoms with Gasteiger partial charge >= 0.3 is 0 Å². The molecule has 6 heteroatoms. The molecule has 1 unspecified atom stereocenters. The molecular weight excluding hydrogens is 306 g/mol. The van der Waals surface area contributed by atoms with Gasteiger partial charge in [0.15, 0.2) is 5.79 Å². The van der Waals surface area contributed by atoms with Gasteiger partial charge in [0.25, 0.3) is 0 Å². The fourth-order valence-corrected chi connectivity index (χ4v) is 4.36. The number of H-pyrrole nitrogens is 1. The zero-order valence-corrected chi connectivity index (χ0v) is 14.1. The number of amides is 1. The fraction of sp³-hybridized carbons (Fsp3) is 0.722. The van der Waals surface area contributed by atoms with Crippen molar-refractivity contribution in [3.63, 3.8) is 0 Å². The molecule has 2 aliphatic heterocycles. The van der Waals surface area contributed by atoms with Gasteiger partial charge in [-0.2, -0.15) is 0 Å². The minimum atomic E-state index is -0.352. The highest BCUT2D eigenvalue weighted by Gasteiger charge is 2.40. The Labute approximate surface area is 142 Å². The maximum atomic E-state index is 12.5. The summed E-state index contributed by atoms with van der Waals surface area (Å²) in [6.07, 6.45) is 7.86. The highest BCUT2D eigenvalue weighted by molar-refractivity contribution is 5.78. The summed E-state index contributed by atoms with van der Waals surface area (Å²) in [7, 11) is 0. The summed E-state index contributed by atoms with van der Waals surface area (Å²) in [5.41, 5.74) is 1.22. The molecule has 1 aliphatic carbocycles. The largest absolute Gasteiger partial charge is 0.364 e. The number of ether oxygens (including phenoxy) is 2. The first-order valence-corrected chi connectivity index (χ1v) is 9.19. The summed E-state index contributed by atoms with van der Waals surface area (Å²) in [4.78, 5) is 18.0. The first kappa shape index (κ1) is 16.1. The molecule has 1 aromatic heterocycles. The minimum Gasteiger partial charge on any atom is -0.364 e. The normalized spacial score (nSPS) is 27.8. The number of aromatic amines is 1. The molecule has 3 aliphatic rings. The fourth-order valence-electron chi connectivity index (χ4n) is 4.36. The third kappa shape index (κ3) is 3.36. The van der Waals surface area contributed by atoms with Crippen LogP contribution >= 0.6 is 0 Å². The van der Waals surface area contributed by atoms with E-state index >= 15 is 0 Å². The molecule has 1 amide bonds. The molecule has 1 saturated carbocycles. The van der Waals surface area contributed by atoms with Crippen LogP contribution in [0.3, 0.4) is 0 Å². The van der Waals surface area contributed by atoms with Crippen molar-refractivity contribution >= 4 is 5.91 Å². The average molecular weight is 333 g/mol. The van der Waals surface area contributed by atoms with E-state index in [-0.39, 0.29) is 17.7 Å². The van der Waals surface area contributed by atoms with E-state index in [1.807, 2.05) is 12.3 Å². The van der Waals surface area contributed by atoms with Crippen LogP contribution in [-0.4, -0.2) is 53.9 Å². The molecule has 0 bridgehead atoms. The second-order valence-electron chi connectivity index (χ2n) is 7.20. The van der Waals surface area contributed by atoms with Gasteiger partial charge < -0.3 is 19.8 Å². The summed E-state index contributed by atoms with van der Waals surface area (Å²) in [5.74, 6) is -0.211. The standard InChI is InChI=1S/C18H27N3O3/c22-17(13-21-10-2-4-16(21)15-3-1-9-19-15)20-14-5-7-18(8-6-14)23-11-12-24-18/h1,3,9,14,16,19H,2,4-8,10-13H2,(H,20,22). The van der Waals surface area contributed by atoms with Gasteiger partial charge in [-0.1, -0.05) is 0 Å². The monoisotopic (exact) mass is 333 g/mol. The van der Waals surface area contributed by atoms with Crippen LogP contribution in [0.5, 0.6) is 0 Å². The highest BCUT2D eigenvalue weighted by atomic mass is 16.7. The SMILES string of the molecule is O=C(CN1CCCC1c1ccc[nH]1)NC1CCC2(CC1)OCCO2.